The van der Waals surface area contributed by atoms with Crippen LogP contribution in [0.2, 0.25) is 0 Å². The van der Waals surface area contributed by atoms with E-state index in [9.17, 15) is 14.9 Å². The largest absolute Gasteiger partial charge is 0.468 e. The highest BCUT2D eigenvalue weighted by Gasteiger charge is 2.11. The van der Waals surface area contributed by atoms with E-state index in [0.29, 0.717) is 0 Å². The van der Waals surface area contributed by atoms with Gasteiger partial charge in [-0.3, -0.25) is 14.9 Å². The van der Waals surface area contributed by atoms with Gasteiger partial charge in [-0.15, -0.1) is 0 Å². The Balaban J connectivity index is 2.88. The highest BCUT2D eigenvalue weighted by Crippen LogP contribution is 2.13. The van der Waals surface area contributed by atoms with Gasteiger partial charge in [0.05, 0.1) is 12.0 Å². The molecule has 0 spiro atoms. The Morgan fingerprint density at radius 1 is 1.69 bits per heavy atom. The fourth-order valence-corrected chi connectivity index (χ4v) is 0.913. The third-order valence-corrected chi connectivity index (χ3v) is 1.65. The van der Waals surface area contributed by atoms with Gasteiger partial charge in [0.2, 0.25) is 0 Å². The van der Waals surface area contributed by atoms with Gasteiger partial charge in [-0.1, -0.05) is 5.92 Å². The van der Waals surface area contributed by atoms with Crippen molar-refractivity contribution >= 4 is 11.7 Å². The fraction of sp³-hybridized carbons (Fsp3) is 0.200. The summed E-state index contributed by atoms with van der Waals surface area (Å²) >= 11 is 0. The standard InChI is InChI=1S/C10H8N2O4/c1-16-10(13)6-2-4-8-9(12(14)15)5-3-7-11-8/h3,5,7H,6H2,1H3. The summed E-state index contributed by atoms with van der Waals surface area (Å²) in [5.74, 6) is 4.42. The average molecular weight is 220 g/mol. The van der Waals surface area contributed by atoms with Crippen LogP contribution in [0.15, 0.2) is 18.3 Å². The molecule has 1 rings (SSSR count). The minimum absolute atomic E-state index is 0.0383. The molecule has 6 heteroatoms. The number of nitro groups is 1. The number of hydrogen-bond donors (Lipinski definition) is 0. The molecule has 82 valence electrons. The summed E-state index contributed by atoms with van der Waals surface area (Å²) in [6.45, 7) is 0. The highest BCUT2D eigenvalue weighted by molar-refractivity contribution is 5.72. The summed E-state index contributed by atoms with van der Waals surface area (Å²) in [6, 6.07) is 2.75. The number of pyridine rings is 1. The molecule has 0 atom stereocenters. The second-order valence-corrected chi connectivity index (χ2v) is 2.68. The van der Waals surface area contributed by atoms with E-state index in [2.05, 4.69) is 21.6 Å². The van der Waals surface area contributed by atoms with Gasteiger partial charge in [0, 0.05) is 12.3 Å². The summed E-state index contributed by atoms with van der Waals surface area (Å²) in [5.41, 5.74) is -0.142. The van der Waals surface area contributed by atoms with Crippen LogP contribution in [0, 0.1) is 22.0 Å². The van der Waals surface area contributed by atoms with E-state index >= 15 is 0 Å². The van der Waals surface area contributed by atoms with Crippen molar-refractivity contribution in [1.82, 2.24) is 4.98 Å². The smallest absolute Gasteiger partial charge is 0.317 e. The maximum atomic E-state index is 10.7. The average Bonchev–Trinajstić information content (AvgIpc) is 2.29. The van der Waals surface area contributed by atoms with E-state index in [0.717, 1.165) is 0 Å². The molecule has 0 amide bonds. The molecule has 0 N–H and O–H groups in total. The number of nitrogens with zero attached hydrogens (tertiary/aromatic N) is 2. The van der Waals surface area contributed by atoms with Crippen LogP contribution in [0.1, 0.15) is 12.1 Å². The number of aromatic nitrogens is 1. The second-order valence-electron chi connectivity index (χ2n) is 2.68. The lowest BCUT2D eigenvalue weighted by Crippen LogP contribution is -1.98. The Morgan fingerprint density at radius 3 is 3.06 bits per heavy atom. The number of ether oxygens (including phenoxy) is 1. The summed E-state index contributed by atoms with van der Waals surface area (Å²) < 4.78 is 4.37. The molecule has 0 aliphatic rings. The van der Waals surface area contributed by atoms with E-state index in [1.807, 2.05) is 0 Å². The number of carbonyl (C=O) groups excluding carboxylic acids is 1. The molecule has 0 saturated carbocycles. The van der Waals surface area contributed by atoms with Crippen molar-refractivity contribution in [3.63, 3.8) is 0 Å². The normalized spacial score (nSPS) is 8.81. The number of methoxy groups -OCH3 is 1. The molecule has 0 aliphatic heterocycles. The van der Waals surface area contributed by atoms with Gasteiger partial charge in [0.1, 0.15) is 6.42 Å². The van der Waals surface area contributed by atoms with Crippen LogP contribution < -0.4 is 0 Å². The van der Waals surface area contributed by atoms with Crippen molar-refractivity contribution in [2.24, 2.45) is 0 Å². The monoisotopic (exact) mass is 220 g/mol. The van der Waals surface area contributed by atoms with E-state index in [1.165, 1.54) is 25.4 Å². The van der Waals surface area contributed by atoms with E-state index in [-0.39, 0.29) is 17.8 Å². The molecule has 1 aromatic rings. The van der Waals surface area contributed by atoms with E-state index in [4.69, 9.17) is 0 Å². The Hall–Kier alpha value is -2.42. The predicted molar refractivity (Wildman–Crippen MR) is 54.4 cm³/mol. The molecule has 0 bridgehead atoms. The van der Waals surface area contributed by atoms with Gasteiger partial charge in [0.25, 0.3) is 0 Å². The molecular weight excluding hydrogens is 212 g/mol. The molecule has 1 aromatic heterocycles. The van der Waals surface area contributed by atoms with Gasteiger partial charge in [-0.05, 0) is 12.0 Å². The summed E-state index contributed by atoms with van der Waals surface area (Å²) in [7, 11) is 1.24. The third kappa shape index (κ3) is 3.06. The quantitative estimate of drug-likeness (QED) is 0.320. The van der Waals surface area contributed by atoms with Crippen molar-refractivity contribution in [3.8, 4) is 11.8 Å². The highest BCUT2D eigenvalue weighted by atomic mass is 16.6. The van der Waals surface area contributed by atoms with Crippen molar-refractivity contribution < 1.29 is 14.5 Å². The summed E-state index contributed by atoms with van der Waals surface area (Å²) in [6.07, 6.45) is 1.28. The topological polar surface area (TPSA) is 82.3 Å². The maximum absolute atomic E-state index is 10.7. The van der Waals surface area contributed by atoms with E-state index < -0.39 is 10.9 Å². The molecule has 6 nitrogen and oxygen atoms in total. The number of hydrogen-bond acceptors (Lipinski definition) is 5. The van der Waals surface area contributed by atoms with Gasteiger partial charge >= 0.3 is 11.7 Å². The van der Waals surface area contributed by atoms with Gasteiger partial charge in [-0.25, -0.2) is 4.98 Å². The summed E-state index contributed by atoms with van der Waals surface area (Å²) in [4.78, 5) is 24.5. The van der Waals surface area contributed by atoms with Crippen molar-refractivity contribution in [2.75, 3.05) is 7.11 Å². The molecule has 1 heterocycles. The zero-order valence-electron chi connectivity index (χ0n) is 8.47. The third-order valence-electron chi connectivity index (χ3n) is 1.65. The predicted octanol–water partition coefficient (Wildman–Crippen LogP) is 0.904. The van der Waals surface area contributed by atoms with Crippen molar-refractivity contribution in [2.45, 2.75) is 6.42 Å². The zero-order chi connectivity index (χ0) is 12.0. The van der Waals surface area contributed by atoms with Crippen LogP contribution in [0.4, 0.5) is 5.69 Å². The Morgan fingerprint density at radius 2 is 2.44 bits per heavy atom. The van der Waals surface area contributed by atoms with Crippen molar-refractivity contribution in [3.05, 3.63) is 34.1 Å². The second kappa shape index (κ2) is 5.46. The van der Waals surface area contributed by atoms with Gasteiger partial charge in [0.15, 0.2) is 5.69 Å². The van der Waals surface area contributed by atoms with E-state index in [1.54, 1.807) is 0 Å². The van der Waals surface area contributed by atoms with Gasteiger partial charge < -0.3 is 4.74 Å². The fourth-order valence-electron chi connectivity index (χ4n) is 0.913. The van der Waals surface area contributed by atoms with Crippen molar-refractivity contribution in [1.29, 1.82) is 0 Å². The van der Waals surface area contributed by atoms with Crippen LogP contribution in [0.3, 0.4) is 0 Å². The minimum atomic E-state index is -0.574. The van der Waals surface area contributed by atoms with Crippen LogP contribution in [0.5, 0.6) is 0 Å². The first kappa shape index (κ1) is 11.7. The lowest BCUT2D eigenvalue weighted by atomic mass is 10.3. The molecule has 0 fully saturated rings. The molecule has 0 saturated heterocycles. The Bertz CT molecular complexity index is 473. The Labute approximate surface area is 91.4 Å². The minimum Gasteiger partial charge on any atom is -0.468 e. The SMILES string of the molecule is COC(=O)CC#Cc1ncccc1[N+](=O)[O-]. The lowest BCUT2D eigenvalue weighted by molar-refractivity contribution is -0.385. The molecule has 0 unspecified atom stereocenters. The first-order valence-electron chi connectivity index (χ1n) is 4.30. The Kier molecular flexibility index (Phi) is 3.98. The maximum Gasteiger partial charge on any atom is 0.317 e. The number of esters is 1. The van der Waals surface area contributed by atoms with Gasteiger partial charge in [-0.2, -0.15) is 0 Å². The lowest BCUT2D eigenvalue weighted by Gasteiger charge is -1.92. The first-order valence-corrected chi connectivity index (χ1v) is 4.30. The van der Waals surface area contributed by atoms with Crippen LogP contribution >= 0.6 is 0 Å². The van der Waals surface area contributed by atoms with Crippen LogP contribution in [-0.4, -0.2) is 23.0 Å². The van der Waals surface area contributed by atoms with Crippen LogP contribution in [-0.2, 0) is 9.53 Å². The molecule has 0 radical (unpaired) electrons. The van der Waals surface area contributed by atoms with Crippen LogP contribution in [0.25, 0.3) is 0 Å². The number of carbonyl (C=O) groups is 1. The zero-order valence-corrected chi connectivity index (χ0v) is 8.47. The summed E-state index contributed by atoms with van der Waals surface area (Å²) in [5, 5.41) is 10.6. The first-order chi connectivity index (χ1) is 7.65. The molecule has 16 heavy (non-hydrogen) atoms. The number of rotatable bonds is 2. The molecule has 0 aliphatic carbocycles. The molecular formula is C10H8N2O4. The molecule has 0 aromatic carbocycles.